The van der Waals surface area contributed by atoms with Crippen molar-refractivity contribution in [3.05, 3.63) is 69.5 Å². The maximum absolute atomic E-state index is 14.3. The van der Waals surface area contributed by atoms with Crippen LogP contribution in [0.25, 0.3) is 10.6 Å². The molecule has 1 N–H and O–H groups in total. The maximum Gasteiger partial charge on any atom is 0.266 e. The first-order chi connectivity index (χ1) is 14.1. The summed E-state index contributed by atoms with van der Waals surface area (Å²) in [4.78, 5) is 19.3. The second-order valence-electron chi connectivity index (χ2n) is 7.33. The second kappa shape index (κ2) is 8.47. The minimum absolute atomic E-state index is 0.0124. The SMILES string of the molecule is Cc1ccc(CN(C(=O)c2sc(-c3cc(F)c(F)c(O)c3F)nc2C)C(C)C)cc1. The summed E-state index contributed by atoms with van der Waals surface area (Å²) >= 11 is 0.874. The van der Waals surface area contributed by atoms with Gasteiger partial charge in [0.25, 0.3) is 5.91 Å². The van der Waals surface area contributed by atoms with Crippen molar-refractivity contribution in [3.63, 3.8) is 0 Å². The van der Waals surface area contributed by atoms with Gasteiger partial charge in [0.05, 0.1) is 11.3 Å². The Morgan fingerprint density at radius 2 is 1.77 bits per heavy atom. The van der Waals surface area contributed by atoms with Crippen LogP contribution in [0.15, 0.2) is 30.3 Å². The number of benzene rings is 2. The zero-order valence-corrected chi connectivity index (χ0v) is 17.8. The Balaban J connectivity index is 1.97. The molecule has 1 amide bonds. The quantitative estimate of drug-likeness (QED) is 0.532. The summed E-state index contributed by atoms with van der Waals surface area (Å²) in [6.45, 7) is 7.72. The van der Waals surface area contributed by atoms with Crippen LogP contribution in [-0.2, 0) is 6.54 Å². The minimum atomic E-state index is -1.66. The number of rotatable bonds is 5. The molecule has 0 spiro atoms. The fourth-order valence-corrected chi connectivity index (χ4v) is 4.00. The molecule has 0 radical (unpaired) electrons. The summed E-state index contributed by atoms with van der Waals surface area (Å²) in [5.41, 5.74) is 2.02. The third kappa shape index (κ3) is 4.18. The van der Waals surface area contributed by atoms with E-state index in [0.717, 1.165) is 22.5 Å². The molecule has 0 saturated heterocycles. The highest BCUT2D eigenvalue weighted by molar-refractivity contribution is 7.17. The molecule has 0 aliphatic carbocycles. The molecular formula is C22H21F3N2O2S. The molecular weight excluding hydrogens is 413 g/mol. The van der Waals surface area contributed by atoms with E-state index in [0.29, 0.717) is 18.3 Å². The van der Waals surface area contributed by atoms with Crippen LogP contribution in [0.2, 0.25) is 0 Å². The largest absolute Gasteiger partial charge is 0.503 e. The third-order valence-electron chi connectivity index (χ3n) is 4.71. The lowest BCUT2D eigenvalue weighted by Crippen LogP contribution is -2.36. The van der Waals surface area contributed by atoms with Gasteiger partial charge in [0, 0.05) is 12.6 Å². The molecule has 0 fully saturated rings. The number of aromatic hydroxyl groups is 1. The number of nitrogens with zero attached hydrogens (tertiary/aromatic N) is 2. The van der Waals surface area contributed by atoms with Gasteiger partial charge >= 0.3 is 0 Å². The molecule has 0 atom stereocenters. The molecule has 0 saturated carbocycles. The normalized spacial score (nSPS) is 11.2. The molecule has 158 valence electrons. The van der Waals surface area contributed by atoms with Gasteiger partial charge in [0.15, 0.2) is 17.4 Å². The summed E-state index contributed by atoms with van der Waals surface area (Å²) < 4.78 is 41.4. The number of halogens is 3. The van der Waals surface area contributed by atoms with E-state index in [1.807, 2.05) is 45.0 Å². The second-order valence-corrected chi connectivity index (χ2v) is 8.33. The summed E-state index contributed by atoms with van der Waals surface area (Å²) in [6, 6.07) is 8.33. The number of aryl methyl sites for hydroxylation is 2. The van der Waals surface area contributed by atoms with Crippen molar-refractivity contribution >= 4 is 17.2 Å². The van der Waals surface area contributed by atoms with E-state index in [1.54, 1.807) is 11.8 Å². The number of phenols is 1. The Morgan fingerprint density at radius 3 is 2.37 bits per heavy atom. The molecule has 3 aromatic rings. The Bertz CT molecular complexity index is 1090. The van der Waals surface area contributed by atoms with Crippen molar-refractivity contribution in [2.75, 3.05) is 0 Å². The van der Waals surface area contributed by atoms with E-state index < -0.39 is 28.8 Å². The number of thiazole rings is 1. The van der Waals surface area contributed by atoms with E-state index in [1.165, 1.54) is 0 Å². The third-order valence-corrected chi connectivity index (χ3v) is 5.89. The summed E-state index contributed by atoms with van der Waals surface area (Å²) in [5, 5.41) is 9.46. The van der Waals surface area contributed by atoms with Crippen LogP contribution in [0.4, 0.5) is 13.2 Å². The highest BCUT2D eigenvalue weighted by Gasteiger charge is 2.27. The standard InChI is InChI=1S/C22H21F3N2O2S/c1-11(2)27(10-14-7-5-12(3)6-8-14)22(29)20-13(4)26-21(30-20)15-9-16(23)18(25)19(28)17(15)24/h5-9,11,28H,10H2,1-4H3. The Hall–Kier alpha value is -2.87. The Kier molecular flexibility index (Phi) is 6.17. The summed E-state index contributed by atoms with van der Waals surface area (Å²) in [6.07, 6.45) is 0. The number of aromatic nitrogens is 1. The maximum atomic E-state index is 14.3. The van der Waals surface area contributed by atoms with Crippen molar-refractivity contribution in [3.8, 4) is 16.3 Å². The lowest BCUT2D eigenvalue weighted by molar-refractivity contribution is 0.0694. The van der Waals surface area contributed by atoms with Crippen molar-refractivity contribution in [2.45, 2.75) is 40.3 Å². The summed E-state index contributed by atoms with van der Waals surface area (Å²) in [7, 11) is 0. The fourth-order valence-electron chi connectivity index (χ4n) is 2.97. The predicted octanol–water partition coefficient (Wildman–Crippen LogP) is 5.60. The van der Waals surface area contributed by atoms with Crippen LogP contribution >= 0.6 is 11.3 Å². The van der Waals surface area contributed by atoms with Gasteiger partial charge in [-0.25, -0.2) is 13.8 Å². The van der Waals surface area contributed by atoms with Crippen molar-refractivity contribution in [2.24, 2.45) is 0 Å². The molecule has 0 bridgehead atoms. The first kappa shape index (κ1) is 21.8. The number of amides is 1. The molecule has 4 nitrogen and oxygen atoms in total. The van der Waals surface area contributed by atoms with Gasteiger partial charge in [-0.2, -0.15) is 4.39 Å². The van der Waals surface area contributed by atoms with E-state index >= 15 is 0 Å². The zero-order chi connectivity index (χ0) is 22.2. The molecule has 1 heterocycles. The molecule has 8 heteroatoms. The van der Waals surface area contributed by atoms with Crippen LogP contribution in [0.5, 0.6) is 5.75 Å². The van der Waals surface area contributed by atoms with E-state index in [9.17, 15) is 23.1 Å². The molecule has 0 aliphatic rings. The monoisotopic (exact) mass is 434 g/mol. The Labute approximate surface area is 176 Å². The van der Waals surface area contributed by atoms with Gasteiger partial charge in [-0.05, 0) is 39.3 Å². The van der Waals surface area contributed by atoms with Gasteiger partial charge < -0.3 is 10.0 Å². The first-order valence-electron chi connectivity index (χ1n) is 9.31. The van der Waals surface area contributed by atoms with Crippen LogP contribution in [0, 0.1) is 31.3 Å². The highest BCUT2D eigenvalue weighted by Crippen LogP contribution is 2.36. The number of phenolic OH excluding ortho intramolecular Hbond substituents is 1. The molecule has 0 aliphatic heterocycles. The Morgan fingerprint density at radius 1 is 1.13 bits per heavy atom. The van der Waals surface area contributed by atoms with Crippen molar-refractivity contribution in [1.29, 1.82) is 0 Å². The van der Waals surface area contributed by atoms with Crippen LogP contribution in [-0.4, -0.2) is 26.9 Å². The first-order valence-corrected chi connectivity index (χ1v) is 10.1. The number of carbonyl (C=O) groups is 1. The van der Waals surface area contributed by atoms with Crippen molar-refractivity contribution in [1.82, 2.24) is 9.88 Å². The highest BCUT2D eigenvalue weighted by atomic mass is 32.1. The predicted molar refractivity (Wildman–Crippen MR) is 110 cm³/mol. The number of hydrogen-bond donors (Lipinski definition) is 1. The van der Waals surface area contributed by atoms with E-state index in [-0.39, 0.29) is 21.8 Å². The lowest BCUT2D eigenvalue weighted by atomic mass is 10.1. The molecule has 2 aromatic carbocycles. The number of hydrogen-bond acceptors (Lipinski definition) is 4. The molecule has 3 rings (SSSR count). The fraction of sp³-hybridized carbons (Fsp3) is 0.273. The topological polar surface area (TPSA) is 53.4 Å². The van der Waals surface area contributed by atoms with E-state index in [4.69, 9.17) is 0 Å². The number of carbonyl (C=O) groups excluding carboxylic acids is 1. The van der Waals surface area contributed by atoms with Gasteiger partial charge in [0.1, 0.15) is 9.88 Å². The zero-order valence-electron chi connectivity index (χ0n) is 17.0. The van der Waals surface area contributed by atoms with E-state index in [2.05, 4.69) is 4.98 Å². The average Bonchev–Trinajstić information content (AvgIpc) is 3.09. The van der Waals surface area contributed by atoms with Gasteiger partial charge in [-0.1, -0.05) is 29.8 Å². The van der Waals surface area contributed by atoms with Gasteiger partial charge in [-0.15, -0.1) is 11.3 Å². The summed E-state index contributed by atoms with van der Waals surface area (Å²) in [5.74, 6) is -6.08. The van der Waals surface area contributed by atoms with Crippen LogP contribution in [0.3, 0.4) is 0 Å². The lowest BCUT2D eigenvalue weighted by Gasteiger charge is -2.26. The van der Waals surface area contributed by atoms with Gasteiger partial charge in [-0.3, -0.25) is 4.79 Å². The van der Waals surface area contributed by atoms with Crippen LogP contribution < -0.4 is 0 Å². The minimum Gasteiger partial charge on any atom is -0.503 e. The molecule has 0 unspecified atom stereocenters. The smallest absolute Gasteiger partial charge is 0.266 e. The average molecular weight is 434 g/mol. The molecule has 1 aromatic heterocycles. The molecule has 30 heavy (non-hydrogen) atoms. The van der Waals surface area contributed by atoms with Crippen LogP contribution in [0.1, 0.15) is 40.3 Å². The van der Waals surface area contributed by atoms with Crippen molar-refractivity contribution < 1.29 is 23.1 Å². The van der Waals surface area contributed by atoms with Gasteiger partial charge in [0.2, 0.25) is 5.82 Å².